The number of amides is 1. The summed E-state index contributed by atoms with van der Waals surface area (Å²) in [4.78, 5) is 18.9. The van der Waals surface area contributed by atoms with E-state index in [9.17, 15) is 4.79 Å². The number of thiophene rings is 1. The van der Waals surface area contributed by atoms with Crippen molar-refractivity contribution in [1.82, 2.24) is 16.0 Å². The molecule has 0 saturated carbocycles. The van der Waals surface area contributed by atoms with Crippen molar-refractivity contribution in [2.45, 2.75) is 19.9 Å². The fourth-order valence-electron chi connectivity index (χ4n) is 2.30. The van der Waals surface area contributed by atoms with E-state index >= 15 is 0 Å². The van der Waals surface area contributed by atoms with Crippen molar-refractivity contribution < 1.29 is 9.53 Å². The van der Waals surface area contributed by atoms with Crippen LogP contribution in [0.4, 0.5) is 0 Å². The summed E-state index contributed by atoms with van der Waals surface area (Å²) in [7, 11) is 3.33. The van der Waals surface area contributed by atoms with E-state index in [0.29, 0.717) is 18.7 Å². The molecular formula is C19H26N4O2S. The van der Waals surface area contributed by atoms with Crippen LogP contribution in [0, 0.1) is 0 Å². The van der Waals surface area contributed by atoms with Crippen molar-refractivity contribution in [3.63, 3.8) is 0 Å². The van der Waals surface area contributed by atoms with Gasteiger partial charge in [-0.1, -0.05) is 6.92 Å². The van der Waals surface area contributed by atoms with E-state index in [0.717, 1.165) is 24.7 Å². The number of benzene rings is 1. The lowest BCUT2D eigenvalue weighted by Crippen LogP contribution is -2.41. The molecule has 0 atom stereocenters. The molecule has 1 amide bonds. The third-order valence-corrected chi connectivity index (χ3v) is 5.00. The summed E-state index contributed by atoms with van der Waals surface area (Å²) in [6, 6.07) is 11.3. The van der Waals surface area contributed by atoms with E-state index in [-0.39, 0.29) is 5.91 Å². The molecule has 1 heterocycles. The van der Waals surface area contributed by atoms with Gasteiger partial charge >= 0.3 is 0 Å². The second-order valence-electron chi connectivity index (χ2n) is 5.56. The standard InChI is InChI=1S/C19H26N4O2S/c1-4-16-9-10-17(26-16)13-23-19(20-2)22-12-11-21-18(24)14-5-7-15(25-3)8-6-14/h5-10H,4,11-13H2,1-3H3,(H,21,24)(H2,20,22,23). The van der Waals surface area contributed by atoms with E-state index < -0.39 is 0 Å². The zero-order chi connectivity index (χ0) is 18.8. The Balaban J connectivity index is 1.68. The second kappa shape index (κ2) is 10.5. The number of nitrogens with one attached hydrogen (secondary N) is 3. The van der Waals surface area contributed by atoms with Gasteiger partial charge in [-0.25, -0.2) is 0 Å². The number of guanidine groups is 1. The first-order valence-corrected chi connectivity index (χ1v) is 9.42. The summed E-state index contributed by atoms with van der Waals surface area (Å²) in [5.74, 6) is 1.34. The van der Waals surface area contributed by atoms with Crippen molar-refractivity contribution >= 4 is 23.2 Å². The first-order chi connectivity index (χ1) is 12.7. The van der Waals surface area contributed by atoms with Crippen LogP contribution in [-0.2, 0) is 13.0 Å². The Morgan fingerprint density at radius 3 is 2.35 bits per heavy atom. The second-order valence-corrected chi connectivity index (χ2v) is 6.81. The highest BCUT2D eigenvalue weighted by Gasteiger charge is 2.05. The van der Waals surface area contributed by atoms with Crippen LogP contribution in [0.5, 0.6) is 5.75 Å². The molecule has 3 N–H and O–H groups in total. The molecule has 2 rings (SSSR count). The topological polar surface area (TPSA) is 74.8 Å². The van der Waals surface area contributed by atoms with Crippen LogP contribution in [0.2, 0.25) is 0 Å². The molecule has 0 bridgehead atoms. The van der Waals surface area contributed by atoms with E-state index in [1.807, 2.05) is 0 Å². The number of aliphatic imine (C=N–C) groups is 1. The summed E-state index contributed by atoms with van der Waals surface area (Å²) in [6.07, 6.45) is 1.06. The molecule has 1 aromatic carbocycles. The molecule has 6 nitrogen and oxygen atoms in total. The predicted molar refractivity (Wildman–Crippen MR) is 107 cm³/mol. The Kier molecular flexibility index (Phi) is 7.95. The molecule has 0 spiro atoms. The zero-order valence-corrected chi connectivity index (χ0v) is 16.3. The Bertz CT molecular complexity index is 725. The maximum absolute atomic E-state index is 12.1. The summed E-state index contributed by atoms with van der Waals surface area (Å²) in [6.45, 7) is 3.99. The highest BCUT2D eigenvalue weighted by molar-refractivity contribution is 7.11. The maximum Gasteiger partial charge on any atom is 0.251 e. The molecule has 140 valence electrons. The minimum absolute atomic E-state index is 0.108. The Labute approximate surface area is 158 Å². The summed E-state index contributed by atoms with van der Waals surface area (Å²) in [5.41, 5.74) is 0.609. The van der Waals surface area contributed by atoms with Crippen LogP contribution in [0.1, 0.15) is 27.0 Å². The SMILES string of the molecule is CCc1ccc(CNC(=NC)NCCNC(=O)c2ccc(OC)cc2)s1. The van der Waals surface area contributed by atoms with Crippen molar-refractivity contribution in [2.75, 3.05) is 27.2 Å². The normalized spacial score (nSPS) is 11.1. The van der Waals surface area contributed by atoms with Gasteiger partial charge in [0.2, 0.25) is 0 Å². The van der Waals surface area contributed by atoms with Gasteiger partial charge in [0.15, 0.2) is 5.96 Å². The van der Waals surface area contributed by atoms with Crippen LogP contribution in [0.15, 0.2) is 41.4 Å². The van der Waals surface area contributed by atoms with Gasteiger partial charge in [-0.2, -0.15) is 0 Å². The van der Waals surface area contributed by atoms with Gasteiger partial charge in [-0.05, 0) is 42.8 Å². The van der Waals surface area contributed by atoms with Crippen LogP contribution in [0.25, 0.3) is 0 Å². The average Bonchev–Trinajstić information content (AvgIpc) is 3.15. The summed E-state index contributed by atoms with van der Waals surface area (Å²) in [5, 5.41) is 9.35. The zero-order valence-electron chi connectivity index (χ0n) is 15.5. The first-order valence-electron chi connectivity index (χ1n) is 8.60. The number of carbonyl (C=O) groups is 1. The number of nitrogens with zero attached hydrogens (tertiary/aromatic N) is 1. The third-order valence-electron chi connectivity index (χ3n) is 3.77. The number of rotatable bonds is 8. The van der Waals surface area contributed by atoms with E-state index in [1.165, 1.54) is 9.75 Å². The number of methoxy groups -OCH3 is 1. The van der Waals surface area contributed by atoms with Crippen molar-refractivity contribution in [3.8, 4) is 5.75 Å². The molecular weight excluding hydrogens is 348 g/mol. The van der Waals surface area contributed by atoms with Gasteiger partial charge in [0.25, 0.3) is 5.91 Å². The fraction of sp³-hybridized carbons (Fsp3) is 0.368. The molecule has 0 aliphatic carbocycles. The molecule has 0 unspecified atom stereocenters. The average molecular weight is 375 g/mol. The Morgan fingerprint density at radius 1 is 1.04 bits per heavy atom. The minimum atomic E-state index is -0.108. The number of carbonyl (C=O) groups excluding carboxylic acids is 1. The molecule has 0 radical (unpaired) electrons. The molecule has 2 aromatic rings. The first kappa shape index (κ1) is 19.8. The van der Waals surface area contributed by atoms with Crippen LogP contribution in [0.3, 0.4) is 0 Å². The Morgan fingerprint density at radius 2 is 1.73 bits per heavy atom. The lowest BCUT2D eigenvalue weighted by atomic mass is 10.2. The molecule has 26 heavy (non-hydrogen) atoms. The number of hydrogen-bond donors (Lipinski definition) is 3. The molecule has 0 fully saturated rings. The van der Waals surface area contributed by atoms with Gasteiger partial charge in [0.05, 0.1) is 13.7 Å². The molecule has 0 aliphatic heterocycles. The number of aryl methyl sites for hydroxylation is 1. The summed E-state index contributed by atoms with van der Waals surface area (Å²) < 4.78 is 5.09. The van der Waals surface area contributed by atoms with Gasteiger partial charge in [0, 0.05) is 35.5 Å². The maximum atomic E-state index is 12.1. The fourth-order valence-corrected chi connectivity index (χ4v) is 3.20. The van der Waals surface area contributed by atoms with Gasteiger partial charge in [-0.15, -0.1) is 11.3 Å². The summed E-state index contributed by atoms with van der Waals surface area (Å²) >= 11 is 1.81. The quantitative estimate of drug-likeness (QED) is 0.377. The van der Waals surface area contributed by atoms with E-state index in [1.54, 1.807) is 49.8 Å². The molecule has 1 aromatic heterocycles. The van der Waals surface area contributed by atoms with Crippen LogP contribution < -0.4 is 20.7 Å². The highest BCUT2D eigenvalue weighted by Crippen LogP contribution is 2.16. The highest BCUT2D eigenvalue weighted by atomic mass is 32.1. The van der Waals surface area contributed by atoms with Crippen LogP contribution >= 0.6 is 11.3 Å². The largest absolute Gasteiger partial charge is 0.497 e. The van der Waals surface area contributed by atoms with Gasteiger partial charge in [0.1, 0.15) is 5.75 Å². The van der Waals surface area contributed by atoms with Gasteiger partial charge in [-0.3, -0.25) is 9.79 Å². The number of hydrogen-bond acceptors (Lipinski definition) is 4. The smallest absolute Gasteiger partial charge is 0.251 e. The molecule has 7 heteroatoms. The van der Waals surface area contributed by atoms with Crippen LogP contribution in [-0.4, -0.2) is 39.1 Å². The lowest BCUT2D eigenvalue weighted by molar-refractivity contribution is 0.0954. The third kappa shape index (κ3) is 6.07. The van der Waals surface area contributed by atoms with Crippen molar-refractivity contribution in [2.24, 2.45) is 4.99 Å². The van der Waals surface area contributed by atoms with Crippen molar-refractivity contribution in [3.05, 3.63) is 51.7 Å². The predicted octanol–water partition coefficient (Wildman–Crippen LogP) is 2.41. The van der Waals surface area contributed by atoms with E-state index in [4.69, 9.17) is 4.74 Å². The van der Waals surface area contributed by atoms with E-state index in [2.05, 4.69) is 40.0 Å². The van der Waals surface area contributed by atoms with Gasteiger partial charge < -0.3 is 20.7 Å². The molecule has 0 aliphatic rings. The van der Waals surface area contributed by atoms with Crippen molar-refractivity contribution in [1.29, 1.82) is 0 Å². The molecule has 0 saturated heterocycles. The number of ether oxygens (including phenoxy) is 1. The monoisotopic (exact) mass is 374 g/mol. The minimum Gasteiger partial charge on any atom is -0.497 e. The Hall–Kier alpha value is -2.54. The lowest BCUT2D eigenvalue weighted by Gasteiger charge is -2.12.